The normalized spacial score (nSPS) is 13.7. The first-order valence-corrected chi connectivity index (χ1v) is 23.3. The first kappa shape index (κ1) is 43.3. The van der Waals surface area contributed by atoms with Gasteiger partial charge >= 0.3 is 0 Å². The van der Waals surface area contributed by atoms with Crippen molar-refractivity contribution < 1.29 is 0 Å². The summed E-state index contributed by atoms with van der Waals surface area (Å²) < 4.78 is 0. The molecule has 2 aliphatic heterocycles. The average Bonchev–Trinajstić information content (AvgIpc) is 3.23. The maximum Gasteiger partial charge on any atom is 0.252 e. The fraction of sp³-hybridized carbons (Fsp3) is 0.300. The highest BCUT2D eigenvalue weighted by Gasteiger charge is 2.47. The largest absolute Gasteiger partial charge is 0.311 e. The van der Waals surface area contributed by atoms with Gasteiger partial charge in [-0.15, -0.1) is 0 Å². The van der Waals surface area contributed by atoms with Crippen molar-refractivity contribution in [3.8, 4) is 0 Å². The number of nitrogens with zero attached hydrogens (tertiary/aromatic N) is 3. The average molecular weight is 840 g/mol. The molecule has 0 atom stereocenters. The van der Waals surface area contributed by atoms with Crippen LogP contribution in [0.1, 0.15) is 116 Å². The summed E-state index contributed by atoms with van der Waals surface area (Å²) in [5.41, 5.74) is 22.1. The Bertz CT molecular complexity index is 2700. The smallest absolute Gasteiger partial charge is 0.252 e. The van der Waals surface area contributed by atoms with Crippen molar-refractivity contribution in [3.05, 3.63) is 179 Å². The van der Waals surface area contributed by atoms with E-state index in [4.69, 9.17) is 0 Å². The van der Waals surface area contributed by atoms with Crippen molar-refractivity contribution in [2.45, 2.75) is 119 Å². The van der Waals surface area contributed by atoms with E-state index in [9.17, 15) is 0 Å². The number of rotatable bonds is 5. The van der Waals surface area contributed by atoms with Gasteiger partial charge in [-0.25, -0.2) is 0 Å². The van der Waals surface area contributed by atoms with Gasteiger partial charge in [-0.2, -0.15) is 0 Å². The van der Waals surface area contributed by atoms with Crippen molar-refractivity contribution in [1.29, 1.82) is 0 Å². The van der Waals surface area contributed by atoms with E-state index < -0.39 is 0 Å². The van der Waals surface area contributed by atoms with Crippen LogP contribution >= 0.6 is 0 Å². The predicted molar refractivity (Wildman–Crippen MR) is 279 cm³/mol. The van der Waals surface area contributed by atoms with Gasteiger partial charge in [0.1, 0.15) is 0 Å². The lowest BCUT2D eigenvalue weighted by molar-refractivity contribution is 0.587. The minimum atomic E-state index is -0.142. The summed E-state index contributed by atoms with van der Waals surface area (Å²) in [6, 6.07) is 55.7. The molecular weight excluding hydrogens is 773 g/mol. The Morgan fingerprint density at radius 2 is 0.703 bits per heavy atom. The lowest BCUT2D eigenvalue weighted by Gasteiger charge is -2.48. The third-order valence-electron chi connectivity index (χ3n) is 13.5. The molecule has 0 saturated heterocycles. The second kappa shape index (κ2) is 15.3. The zero-order valence-electron chi connectivity index (χ0n) is 40.8. The number of hydrogen-bond acceptors (Lipinski definition) is 3. The van der Waals surface area contributed by atoms with Crippen molar-refractivity contribution >= 4 is 74.3 Å². The van der Waals surface area contributed by atoms with Crippen molar-refractivity contribution in [2.24, 2.45) is 0 Å². The number of fused-ring (bicyclic) bond motifs is 4. The van der Waals surface area contributed by atoms with E-state index in [-0.39, 0.29) is 28.4 Å². The molecule has 0 spiro atoms. The summed E-state index contributed by atoms with van der Waals surface area (Å²) in [5, 5.41) is 0. The Labute approximate surface area is 384 Å². The van der Waals surface area contributed by atoms with Crippen molar-refractivity contribution in [3.63, 3.8) is 0 Å². The highest BCUT2D eigenvalue weighted by Crippen LogP contribution is 2.53. The van der Waals surface area contributed by atoms with Crippen LogP contribution in [0.25, 0.3) is 0 Å². The second-order valence-electron chi connectivity index (χ2n) is 22.5. The van der Waals surface area contributed by atoms with E-state index in [0.29, 0.717) is 0 Å². The van der Waals surface area contributed by atoms with Crippen LogP contribution < -0.4 is 31.1 Å². The van der Waals surface area contributed by atoms with E-state index in [1.165, 1.54) is 83.9 Å². The van der Waals surface area contributed by atoms with Crippen molar-refractivity contribution in [1.82, 2.24) is 0 Å². The topological polar surface area (TPSA) is 9.72 Å². The maximum atomic E-state index is 2.67. The summed E-state index contributed by atoms with van der Waals surface area (Å²) in [6.45, 7) is 32.7. The number of hydrogen-bond donors (Lipinski definition) is 0. The van der Waals surface area contributed by atoms with Crippen LogP contribution in [0.4, 0.5) is 51.2 Å². The molecule has 7 aromatic rings. The molecule has 2 aliphatic rings. The zero-order chi connectivity index (χ0) is 45.7. The molecule has 0 bridgehead atoms. The Morgan fingerprint density at radius 3 is 1.06 bits per heavy atom. The molecule has 7 aromatic carbocycles. The Kier molecular flexibility index (Phi) is 10.4. The fourth-order valence-electron chi connectivity index (χ4n) is 10.4. The van der Waals surface area contributed by atoms with E-state index >= 15 is 0 Å². The summed E-state index contributed by atoms with van der Waals surface area (Å²) in [4.78, 5) is 7.82. The Hall–Kier alpha value is -6.00. The molecule has 0 unspecified atom stereocenters. The van der Waals surface area contributed by atoms with Crippen LogP contribution in [0.2, 0.25) is 0 Å². The van der Waals surface area contributed by atoms with E-state index in [0.717, 1.165) is 17.1 Å². The molecule has 0 aliphatic carbocycles. The van der Waals surface area contributed by atoms with Gasteiger partial charge in [-0.05, 0) is 123 Å². The molecule has 0 radical (unpaired) electrons. The third-order valence-corrected chi connectivity index (χ3v) is 13.5. The van der Waals surface area contributed by atoms with Gasteiger partial charge in [0.25, 0.3) is 6.71 Å². The minimum absolute atomic E-state index is 0.0167. The number of aryl methyl sites for hydroxylation is 2. The van der Waals surface area contributed by atoms with Crippen LogP contribution in [-0.4, -0.2) is 6.71 Å². The summed E-state index contributed by atoms with van der Waals surface area (Å²) >= 11 is 0. The molecular formula is C60H66BN3. The predicted octanol–water partition coefficient (Wildman–Crippen LogP) is 15.0. The standard InChI is InChI=1S/C60H66BN3/c1-39-29-33-41(34-30-39)62(42-35-31-40(2)32-36-42)43-37-52-54-53(38-43)64(51-28-18-16-22-45(51)58(6,7)8)56-47(60(12,13)14)24-20-26-49(56)61(54)48-25-19-23-46(59(9,10)11)55(48)63(52)50-27-17-15-21-44(50)57(3,4)5/h15-38H,1-14H3. The highest BCUT2D eigenvalue weighted by molar-refractivity contribution is 7.00. The number of benzene rings is 7. The highest BCUT2D eigenvalue weighted by atomic mass is 15.2. The first-order chi connectivity index (χ1) is 30.1. The van der Waals surface area contributed by atoms with Gasteiger partial charge in [-0.1, -0.05) is 191 Å². The van der Waals surface area contributed by atoms with Gasteiger partial charge in [0.05, 0.1) is 5.69 Å². The minimum Gasteiger partial charge on any atom is -0.311 e. The first-order valence-electron chi connectivity index (χ1n) is 23.3. The lowest BCUT2D eigenvalue weighted by atomic mass is 9.33. The Morgan fingerprint density at radius 1 is 0.359 bits per heavy atom. The van der Waals surface area contributed by atoms with Crippen LogP contribution in [0.3, 0.4) is 0 Å². The molecule has 0 amide bonds. The van der Waals surface area contributed by atoms with E-state index in [2.05, 4.69) is 257 Å². The molecule has 0 aromatic heterocycles. The quantitative estimate of drug-likeness (QED) is 0.160. The monoisotopic (exact) mass is 840 g/mol. The second-order valence-corrected chi connectivity index (χ2v) is 22.5. The van der Waals surface area contributed by atoms with E-state index in [1.807, 2.05) is 0 Å². The summed E-state index contributed by atoms with van der Waals surface area (Å²) in [5.74, 6) is 0. The van der Waals surface area contributed by atoms with Crippen LogP contribution in [0, 0.1) is 13.8 Å². The van der Waals surface area contributed by atoms with E-state index in [1.54, 1.807) is 0 Å². The van der Waals surface area contributed by atoms with Crippen molar-refractivity contribution in [2.75, 3.05) is 14.7 Å². The van der Waals surface area contributed by atoms with Gasteiger partial charge in [0.15, 0.2) is 0 Å². The SMILES string of the molecule is Cc1ccc(N(c2ccc(C)cc2)c2cc3c4c(c2)N(c2ccccc2C(C)(C)C)c2c(cccc2C(C)(C)C)B4c2cccc(C(C)(C)C)c2N3c2ccccc2C(C)(C)C)cc1. The third kappa shape index (κ3) is 7.33. The number of para-hydroxylation sites is 4. The Balaban J connectivity index is 1.52. The lowest BCUT2D eigenvalue weighted by Crippen LogP contribution is -2.62. The molecule has 0 N–H and O–H groups in total. The van der Waals surface area contributed by atoms with Crippen LogP contribution in [0.5, 0.6) is 0 Å². The molecule has 324 valence electrons. The van der Waals surface area contributed by atoms with Gasteiger partial charge in [0, 0.05) is 45.5 Å². The molecule has 64 heavy (non-hydrogen) atoms. The molecule has 9 rings (SSSR count). The van der Waals surface area contributed by atoms with Crippen LogP contribution in [-0.2, 0) is 21.7 Å². The molecule has 4 heteroatoms. The van der Waals surface area contributed by atoms with Gasteiger partial charge < -0.3 is 14.7 Å². The molecule has 0 fully saturated rings. The molecule has 0 saturated carbocycles. The zero-order valence-corrected chi connectivity index (χ0v) is 40.8. The number of anilines is 9. The maximum absolute atomic E-state index is 2.67. The van der Waals surface area contributed by atoms with Gasteiger partial charge in [0.2, 0.25) is 0 Å². The van der Waals surface area contributed by atoms with Crippen LogP contribution in [0.15, 0.2) is 146 Å². The summed E-state index contributed by atoms with van der Waals surface area (Å²) in [6.07, 6.45) is 0. The molecule has 2 heterocycles. The fourth-order valence-corrected chi connectivity index (χ4v) is 10.4. The summed E-state index contributed by atoms with van der Waals surface area (Å²) in [7, 11) is 0. The van der Waals surface area contributed by atoms with Gasteiger partial charge in [-0.3, -0.25) is 0 Å². The molecule has 3 nitrogen and oxygen atoms in total.